The SMILES string of the molecule is NCC1CCCN1C(=O)CCC1CCCO1. The van der Waals surface area contributed by atoms with Crippen molar-refractivity contribution in [3.05, 3.63) is 0 Å². The summed E-state index contributed by atoms with van der Waals surface area (Å²) in [5.74, 6) is 0.267. The number of hydrogen-bond acceptors (Lipinski definition) is 3. The van der Waals surface area contributed by atoms with Crippen LogP contribution >= 0.6 is 0 Å². The Bertz CT molecular complexity index is 239. The molecule has 4 heteroatoms. The van der Waals surface area contributed by atoms with Gasteiger partial charge in [-0.3, -0.25) is 4.79 Å². The van der Waals surface area contributed by atoms with Gasteiger partial charge in [0.05, 0.1) is 6.10 Å². The zero-order valence-corrected chi connectivity index (χ0v) is 9.86. The Hall–Kier alpha value is -0.610. The summed E-state index contributed by atoms with van der Waals surface area (Å²) in [7, 11) is 0. The third-order valence-electron chi connectivity index (χ3n) is 3.67. The molecule has 1 amide bonds. The molecule has 0 spiro atoms. The molecule has 0 aromatic carbocycles. The van der Waals surface area contributed by atoms with Crippen molar-refractivity contribution < 1.29 is 9.53 Å². The number of rotatable bonds is 4. The van der Waals surface area contributed by atoms with Gasteiger partial charge in [-0.2, -0.15) is 0 Å². The highest BCUT2D eigenvalue weighted by Crippen LogP contribution is 2.21. The maximum atomic E-state index is 12.0. The fourth-order valence-corrected chi connectivity index (χ4v) is 2.71. The van der Waals surface area contributed by atoms with E-state index in [1.165, 1.54) is 0 Å². The summed E-state index contributed by atoms with van der Waals surface area (Å²) in [4.78, 5) is 14.0. The van der Waals surface area contributed by atoms with Gasteiger partial charge in [0.15, 0.2) is 0 Å². The van der Waals surface area contributed by atoms with Crippen LogP contribution in [-0.2, 0) is 9.53 Å². The molecule has 2 heterocycles. The Morgan fingerprint density at radius 2 is 2.25 bits per heavy atom. The Morgan fingerprint density at radius 1 is 1.38 bits per heavy atom. The summed E-state index contributed by atoms with van der Waals surface area (Å²) in [6.45, 7) is 2.37. The third kappa shape index (κ3) is 2.74. The number of amides is 1. The minimum atomic E-state index is 0.267. The second-order valence-electron chi connectivity index (χ2n) is 4.79. The number of nitrogens with two attached hydrogens (primary N) is 1. The van der Waals surface area contributed by atoms with Crippen LogP contribution in [0.4, 0.5) is 0 Å². The summed E-state index contributed by atoms with van der Waals surface area (Å²) < 4.78 is 5.52. The maximum absolute atomic E-state index is 12.0. The van der Waals surface area contributed by atoms with E-state index in [2.05, 4.69) is 0 Å². The van der Waals surface area contributed by atoms with E-state index in [1.54, 1.807) is 0 Å². The highest BCUT2D eigenvalue weighted by molar-refractivity contribution is 5.76. The van der Waals surface area contributed by atoms with E-state index in [-0.39, 0.29) is 11.9 Å². The number of hydrogen-bond donors (Lipinski definition) is 1. The Morgan fingerprint density at radius 3 is 2.94 bits per heavy atom. The minimum absolute atomic E-state index is 0.267. The first kappa shape index (κ1) is 11.9. The maximum Gasteiger partial charge on any atom is 0.222 e. The molecule has 16 heavy (non-hydrogen) atoms. The normalized spacial score (nSPS) is 29.9. The van der Waals surface area contributed by atoms with Crippen molar-refractivity contribution in [1.29, 1.82) is 0 Å². The quantitative estimate of drug-likeness (QED) is 0.774. The molecule has 2 fully saturated rings. The molecule has 2 rings (SSSR count). The van der Waals surface area contributed by atoms with Gasteiger partial charge in [-0.25, -0.2) is 0 Å². The smallest absolute Gasteiger partial charge is 0.222 e. The lowest BCUT2D eigenvalue weighted by molar-refractivity contribution is -0.132. The Labute approximate surface area is 97.1 Å². The minimum Gasteiger partial charge on any atom is -0.378 e. The second-order valence-corrected chi connectivity index (χ2v) is 4.79. The standard InChI is InChI=1S/C12H22N2O2/c13-9-10-3-1-7-14(10)12(15)6-5-11-4-2-8-16-11/h10-11H,1-9,13H2. The summed E-state index contributed by atoms with van der Waals surface area (Å²) in [6, 6.07) is 0.289. The van der Waals surface area contributed by atoms with Crippen LogP contribution < -0.4 is 5.73 Å². The molecule has 2 unspecified atom stereocenters. The van der Waals surface area contributed by atoms with Gasteiger partial charge in [0.25, 0.3) is 0 Å². The van der Waals surface area contributed by atoms with Crippen molar-refractivity contribution in [2.24, 2.45) is 5.73 Å². The highest BCUT2D eigenvalue weighted by atomic mass is 16.5. The topological polar surface area (TPSA) is 55.6 Å². The first-order valence-corrected chi connectivity index (χ1v) is 6.42. The average Bonchev–Trinajstić information content (AvgIpc) is 2.96. The van der Waals surface area contributed by atoms with Gasteiger partial charge in [-0.05, 0) is 32.1 Å². The van der Waals surface area contributed by atoms with Crippen LogP contribution in [-0.4, -0.2) is 42.6 Å². The summed E-state index contributed by atoms with van der Waals surface area (Å²) >= 11 is 0. The van der Waals surface area contributed by atoms with Crippen LogP contribution in [0.5, 0.6) is 0 Å². The zero-order chi connectivity index (χ0) is 11.4. The van der Waals surface area contributed by atoms with Gasteiger partial charge in [-0.15, -0.1) is 0 Å². The molecule has 0 aliphatic carbocycles. The molecule has 2 aliphatic heterocycles. The van der Waals surface area contributed by atoms with Crippen LogP contribution in [0.3, 0.4) is 0 Å². The Kier molecular flexibility index (Phi) is 4.18. The highest BCUT2D eigenvalue weighted by Gasteiger charge is 2.28. The van der Waals surface area contributed by atoms with E-state index >= 15 is 0 Å². The van der Waals surface area contributed by atoms with Gasteiger partial charge < -0.3 is 15.4 Å². The van der Waals surface area contributed by atoms with Crippen LogP contribution in [0, 0.1) is 0 Å². The van der Waals surface area contributed by atoms with Crippen molar-refractivity contribution in [2.45, 2.75) is 50.7 Å². The molecule has 92 valence electrons. The van der Waals surface area contributed by atoms with E-state index in [9.17, 15) is 4.79 Å². The molecule has 2 aliphatic rings. The molecule has 0 saturated carbocycles. The molecule has 0 radical (unpaired) electrons. The number of likely N-dealkylation sites (tertiary alicyclic amines) is 1. The van der Waals surface area contributed by atoms with Crippen LogP contribution in [0.25, 0.3) is 0 Å². The first-order valence-electron chi connectivity index (χ1n) is 6.42. The lowest BCUT2D eigenvalue weighted by Gasteiger charge is -2.24. The lowest BCUT2D eigenvalue weighted by atomic mass is 10.1. The van der Waals surface area contributed by atoms with Gasteiger partial charge in [-0.1, -0.05) is 0 Å². The summed E-state index contributed by atoms with van der Waals surface area (Å²) in [6.07, 6.45) is 6.27. The average molecular weight is 226 g/mol. The predicted molar refractivity (Wildman–Crippen MR) is 62.0 cm³/mol. The van der Waals surface area contributed by atoms with E-state index in [0.717, 1.165) is 45.3 Å². The molecular weight excluding hydrogens is 204 g/mol. The van der Waals surface area contributed by atoms with Gasteiger partial charge in [0.2, 0.25) is 5.91 Å². The van der Waals surface area contributed by atoms with Gasteiger partial charge in [0, 0.05) is 32.2 Å². The number of carbonyl (C=O) groups is 1. The van der Waals surface area contributed by atoms with Crippen LogP contribution in [0.15, 0.2) is 0 Å². The first-order chi connectivity index (χ1) is 7.81. The van der Waals surface area contributed by atoms with Crippen molar-refractivity contribution in [1.82, 2.24) is 4.90 Å². The molecule has 4 nitrogen and oxygen atoms in total. The fourth-order valence-electron chi connectivity index (χ4n) is 2.71. The van der Waals surface area contributed by atoms with E-state index < -0.39 is 0 Å². The molecule has 2 atom stereocenters. The van der Waals surface area contributed by atoms with E-state index in [4.69, 9.17) is 10.5 Å². The Balaban J connectivity index is 1.74. The fraction of sp³-hybridized carbons (Fsp3) is 0.917. The molecule has 2 N–H and O–H groups in total. The van der Waals surface area contributed by atoms with Crippen LogP contribution in [0.1, 0.15) is 38.5 Å². The van der Waals surface area contributed by atoms with Crippen molar-refractivity contribution in [3.8, 4) is 0 Å². The monoisotopic (exact) mass is 226 g/mol. The van der Waals surface area contributed by atoms with Crippen molar-refractivity contribution in [2.75, 3.05) is 19.7 Å². The van der Waals surface area contributed by atoms with Crippen LogP contribution in [0.2, 0.25) is 0 Å². The lowest BCUT2D eigenvalue weighted by Crippen LogP contribution is -2.40. The molecule has 0 aromatic rings. The van der Waals surface area contributed by atoms with E-state index in [0.29, 0.717) is 19.1 Å². The van der Waals surface area contributed by atoms with E-state index in [1.807, 2.05) is 4.90 Å². The number of carbonyl (C=O) groups excluding carboxylic acids is 1. The largest absolute Gasteiger partial charge is 0.378 e. The third-order valence-corrected chi connectivity index (χ3v) is 3.67. The van der Waals surface area contributed by atoms with Gasteiger partial charge in [0.1, 0.15) is 0 Å². The second kappa shape index (κ2) is 5.64. The molecule has 2 saturated heterocycles. The number of nitrogens with zero attached hydrogens (tertiary/aromatic N) is 1. The summed E-state index contributed by atoms with van der Waals surface area (Å²) in [5, 5.41) is 0. The van der Waals surface area contributed by atoms with Crippen molar-refractivity contribution >= 4 is 5.91 Å². The zero-order valence-electron chi connectivity index (χ0n) is 9.86. The number of ether oxygens (including phenoxy) is 1. The molecule has 0 aromatic heterocycles. The van der Waals surface area contributed by atoms with Gasteiger partial charge >= 0.3 is 0 Å². The molecular formula is C12H22N2O2. The summed E-state index contributed by atoms with van der Waals surface area (Å²) in [5.41, 5.74) is 5.66. The van der Waals surface area contributed by atoms with Crippen molar-refractivity contribution in [3.63, 3.8) is 0 Å². The molecule has 0 bridgehead atoms. The predicted octanol–water partition coefficient (Wildman–Crippen LogP) is 0.895.